The molecular weight excluding hydrogens is 334 g/mol. The van der Waals surface area contributed by atoms with Crippen molar-refractivity contribution in [1.29, 1.82) is 0 Å². The molecule has 1 aromatic carbocycles. The normalized spacial score (nSPS) is 10.7. The summed E-state index contributed by atoms with van der Waals surface area (Å²) in [5, 5.41) is 13.4. The third-order valence-electron chi connectivity index (χ3n) is 3.17. The van der Waals surface area contributed by atoms with Crippen molar-refractivity contribution in [2.75, 3.05) is 0 Å². The molecule has 0 fully saturated rings. The summed E-state index contributed by atoms with van der Waals surface area (Å²) in [6.45, 7) is 0.473. The summed E-state index contributed by atoms with van der Waals surface area (Å²) in [6, 6.07) is 11.2. The minimum Gasteiger partial charge on any atom is -0.420 e. The van der Waals surface area contributed by atoms with E-state index in [0.717, 1.165) is 10.4 Å². The van der Waals surface area contributed by atoms with Gasteiger partial charge in [-0.25, -0.2) is 0 Å². The van der Waals surface area contributed by atoms with E-state index in [0.29, 0.717) is 36.2 Å². The molecule has 0 aliphatic carbocycles. The topological polar surface area (TPSA) is 68.0 Å². The molecule has 0 aliphatic heterocycles. The zero-order chi connectivity index (χ0) is 16.1. The maximum atomic E-state index is 11.9. The van der Waals surface area contributed by atoms with Crippen LogP contribution in [0.15, 0.2) is 46.2 Å². The molecule has 7 heteroatoms. The first-order valence-electron chi connectivity index (χ1n) is 7.08. The number of rotatable bonds is 6. The van der Waals surface area contributed by atoms with Crippen molar-refractivity contribution in [3.63, 3.8) is 0 Å². The van der Waals surface area contributed by atoms with Gasteiger partial charge in [0, 0.05) is 24.4 Å². The molecule has 0 atom stereocenters. The van der Waals surface area contributed by atoms with E-state index in [2.05, 4.69) is 15.5 Å². The van der Waals surface area contributed by atoms with Gasteiger partial charge in [-0.3, -0.25) is 4.79 Å². The van der Waals surface area contributed by atoms with E-state index < -0.39 is 0 Å². The van der Waals surface area contributed by atoms with Gasteiger partial charge in [-0.1, -0.05) is 29.8 Å². The number of aromatic nitrogens is 2. The number of carbonyl (C=O) groups excluding carboxylic acids is 1. The summed E-state index contributed by atoms with van der Waals surface area (Å²) in [5.74, 6) is 0.905. The first-order chi connectivity index (χ1) is 11.2. The van der Waals surface area contributed by atoms with Crippen LogP contribution in [0.1, 0.15) is 17.9 Å². The highest BCUT2D eigenvalue weighted by Crippen LogP contribution is 2.23. The van der Waals surface area contributed by atoms with Crippen LogP contribution in [0.4, 0.5) is 0 Å². The highest BCUT2D eigenvalue weighted by Gasteiger charge is 2.11. The van der Waals surface area contributed by atoms with E-state index in [9.17, 15) is 4.79 Å². The number of nitrogens with zero attached hydrogens (tertiary/aromatic N) is 2. The van der Waals surface area contributed by atoms with Crippen LogP contribution in [-0.4, -0.2) is 16.1 Å². The predicted octanol–water partition coefficient (Wildman–Crippen LogP) is 3.70. The molecule has 0 aliphatic rings. The lowest BCUT2D eigenvalue weighted by molar-refractivity contribution is -0.121. The van der Waals surface area contributed by atoms with Gasteiger partial charge in [-0.05, 0) is 29.1 Å². The maximum absolute atomic E-state index is 11.9. The van der Waals surface area contributed by atoms with Crippen LogP contribution < -0.4 is 5.32 Å². The quantitative estimate of drug-likeness (QED) is 0.738. The van der Waals surface area contributed by atoms with Crippen LogP contribution in [0.2, 0.25) is 5.02 Å². The lowest BCUT2D eigenvalue weighted by Gasteiger charge is -2.04. The van der Waals surface area contributed by atoms with Gasteiger partial charge >= 0.3 is 0 Å². The summed E-state index contributed by atoms with van der Waals surface area (Å²) in [6.07, 6.45) is 0.727. The molecule has 0 saturated heterocycles. The van der Waals surface area contributed by atoms with Crippen LogP contribution in [0, 0.1) is 0 Å². The fourth-order valence-corrected chi connectivity index (χ4v) is 2.74. The van der Waals surface area contributed by atoms with E-state index in [1.165, 1.54) is 11.3 Å². The van der Waals surface area contributed by atoms with Crippen LogP contribution in [0.3, 0.4) is 0 Å². The minimum absolute atomic E-state index is 0.0594. The molecule has 0 radical (unpaired) electrons. The number of amides is 1. The second kappa shape index (κ2) is 7.39. The Morgan fingerprint density at radius 3 is 2.78 bits per heavy atom. The molecule has 0 unspecified atom stereocenters. The van der Waals surface area contributed by atoms with Crippen molar-refractivity contribution < 1.29 is 9.21 Å². The van der Waals surface area contributed by atoms with E-state index in [1.54, 1.807) is 12.1 Å². The molecule has 2 heterocycles. The fraction of sp³-hybridized carbons (Fsp3) is 0.188. The second-order valence-electron chi connectivity index (χ2n) is 4.88. The molecule has 0 spiro atoms. The summed E-state index contributed by atoms with van der Waals surface area (Å²) in [7, 11) is 0. The van der Waals surface area contributed by atoms with Gasteiger partial charge in [0.05, 0.1) is 4.88 Å². The van der Waals surface area contributed by atoms with Gasteiger partial charge in [0.1, 0.15) is 0 Å². The lowest BCUT2D eigenvalue weighted by Crippen LogP contribution is -2.23. The number of carbonyl (C=O) groups is 1. The molecule has 5 nitrogen and oxygen atoms in total. The van der Waals surface area contributed by atoms with E-state index in [1.807, 2.05) is 29.6 Å². The Labute approximate surface area is 142 Å². The Bertz CT molecular complexity index is 769. The standard InChI is InChI=1S/C16H14ClN3O2S/c17-12-5-3-11(4-6-12)10-18-14(21)7-8-15-19-20-16(22-15)13-2-1-9-23-13/h1-6,9H,7-8,10H2,(H,18,21). The zero-order valence-electron chi connectivity index (χ0n) is 12.2. The van der Waals surface area contributed by atoms with Crippen molar-refractivity contribution >= 4 is 28.8 Å². The van der Waals surface area contributed by atoms with E-state index >= 15 is 0 Å². The van der Waals surface area contributed by atoms with E-state index in [-0.39, 0.29) is 5.91 Å². The van der Waals surface area contributed by atoms with E-state index in [4.69, 9.17) is 16.0 Å². The van der Waals surface area contributed by atoms with Crippen molar-refractivity contribution in [2.45, 2.75) is 19.4 Å². The molecule has 0 saturated carbocycles. The van der Waals surface area contributed by atoms with Crippen molar-refractivity contribution in [2.24, 2.45) is 0 Å². The summed E-state index contributed by atoms with van der Waals surface area (Å²) < 4.78 is 5.55. The monoisotopic (exact) mass is 347 g/mol. The molecule has 3 aromatic rings. The lowest BCUT2D eigenvalue weighted by atomic mass is 10.2. The third kappa shape index (κ3) is 4.40. The molecule has 1 N–H and O–H groups in total. The SMILES string of the molecule is O=C(CCc1nnc(-c2cccs2)o1)NCc1ccc(Cl)cc1. The highest BCUT2D eigenvalue weighted by atomic mass is 35.5. The van der Waals surface area contributed by atoms with Crippen molar-refractivity contribution in [3.05, 3.63) is 58.3 Å². The number of hydrogen-bond acceptors (Lipinski definition) is 5. The van der Waals surface area contributed by atoms with Crippen LogP contribution in [0.5, 0.6) is 0 Å². The largest absolute Gasteiger partial charge is 0.420 e. The zero-order valence-corrected chi connectivity index (χ0v) is 13.7. The van der Waals surface area contributed by atoms with Gasteiger partial charge < -0.3 is 9.73 Å². The molecule has 2 aromatic heterocycles. The Kier molecular flexibility index (Phi) is 5.05. The number of aryl methyl sites for hydroxylation is 1. The Balaban J connectivity index is 1.46. The highest BCUT2D eigenvalue weighted by molar-refractivity contribution is 7.13. The van der Waals surface area contributed by atoms with Gasteiger partial charge in [-0.15, -0.1) is 21.5 Å². The number of thiophene rings is 1. The Hall–Kier alpha value is -2.18. The summed E-state index contributed by atoms with van der Waals surface area (Å²) in [5.41, 5.74) is 1.00. The summed E-state index contributed by atoms with van der Waals surface area (Å²) in [4.78, 5) is 12.8. The Morgan fingerprint density at radius 1 is 1.22 bits per heavy atom. The third-order valence-corrected chi connectivity index (χ3v) is 4.28. The number of benzene rings is 1. The van der Waals surface area contributed by atoms with Gasteiger partial charge in [0.2, 0.25) is 11.8 Å². The summed E-state index contributed by atoms with van der Waals surface area (Å²) >= 11 is 7.36. The van der Waals surface area contributed by atoms with Crippen molar-refractivity contribution in [3.8, 4) is 10.8 Å². The molecule has 3 rings (SSSR count). The maximum Gasteiger partial charge on any atom is 0.257 e. The average molecular weight is 348 g/mol. The fourth-order valence-electron chi connectivity index (χ4n) is 1.97. The Morgan fingerprint density at radius 2 is 2.04 bits per heavy atom. The first-order valence-corrected chi connectivity index (χ1v) is 8.34. The van der Waals surface area contributed by atoms with Gasteiger partial charge in [0.15, 0.2) is 0 Å². The van der Waals surface area contributed by atoms with Gasteiger partial charge in [-0.2, -0.15) is 0 Å². The average Bonchev–Trinajstić information content (AvgIpc) is 3.23. The number of halogens is 1. The van der Waals surface area contributed by atoms with Crippen LogP contribution in [-0.2, 0) is 17.8 Å². The second-order valence-corrected chi connectivity index (χ2v) is 6.27. The molecule has 118 valence electrons. The van der Waals surface area contributed by atoms with Crippen LogP contribution >= 0.6 is 22.9 Å². The predicted molar refractivity (Wildman–Crippen MR) is 89.2 cm³/mol. The first kappa shape index (κ1) is 15.7. The molecule has 23 heavy (non-hydrogen) atoms. The van der Waals surface area contributed by atoms with Crippen LogP contribution in [0.25, 0.3) is 10.8 Å². The molecule has 1 amide bonds. The smallest absolute Gasteiger partial charge is 0.257 e. The molecular formula is C16H14ClN3O2S. The minimum atomic E-state index is -0.0594. The number of nitrogens with one attached hydrogen (secondary N) is 1. The molecule has 0 bridgehead atoms. The number of hydrogen-bond donors (Lipinski definition) is 1. The van der Waals surface area contributed by atoms with Gasteiger partial charge in [0.25, 0.3) is 5.89 Å². The van der Waals surface area contributed by atoms with Crippen molar-refractivity contribution in [1.82, 2.24) is 15.5 Å².